The van der Waals surface area contributed by atoms with Crippen LogP contribution in [0.2, 0.25) is 0 Å². The molecule has 15 heavy (non-hydrogen) atoms. The zero-order valence-electron chi connectivity index (χ0n) is 10.7. The van der Waals surface area contributed by atoms with E-state index in [4.69, 9.17) is 12.6 Å². The molecule has 5 atom stereocenters. The van der Waals surface area contributed by atoms with Gasteiger partial charge in [0.15, 0.2) is 0 Å². The lowest BCUT2D eigenvalue weighted by molar-refractivity contribution is 0.334. The molecular weight excluding hydrogens is 202 g/mol. The van der Waals surface area contributed by atoms with Crippen LogP contribution in [-0.4, -0.2) is 17.8 Å². The van der Waals surface area contributed by atoms with Gasteiger partial charge in [0.25, 0.3) is 0 Å². The second-order valence-electron chi connectivity index (χ2n) is 5.46. The Morgan fingerprint density at radius 3 is 2.53 bits per heavy atom. The maximum absolute atomic E-state index is 4.80. The van der Waals surface area contributed by atoms with Gasteiger partial charge in [0.2, 0.25) is 0 Å². The molecule has 0 bridgehead atoms. The van der Waals surface area contributed by atoms with E-state index < -0.39 is 0 Å². The van der Waals surface area contributed by atoms with Crippen LogP contribution in [-0.2, 0) is 0 Å². The van der Waals surface area contributed by atoms with Gasteiger partial charge in [-0.2, -0.15) is 12.6 Å². The van der Waals surface area contributed by atoms with Gasteiger partial charge in [-0.1, -0.05) is 27.2 Å². The summed E-state index contributed by atoms with van der Waals surface area (Å²) in [6.07, 6.45) is 3.90. The van der Waals surface area contributed by atoms with Gasteiger partial charge in [0.05, 0.1) is 0 Å². The minimum absolute atomic E-state index is 0.581. The predicted octanol–water partition coefficient (Wildman–Crippen LogP) is 3.36. The molecule has 0 radical (unpaired) electrons. The van der Waals surface area contributed by atoms with Gasteiger partial charge < -0.3 is 5.32 Å². The fourth-order valence-corrected chi connectivity index (χ4v) is 3.11. The first-order valence-electron chi connectivity index (χ1n) is 6.46. The van der Waals surface area contributed by atoms with Crippen molar-refractivity contribution in [2.45, 2.75) is 58.2 Å². The smallest absolute Gasteiger partial charge is 0.00481 e. The lowest BCUT2D eigenvalue weighted by Gasteiger charge is -2.26. The van der Waals surface area contributed by atoms with E-state index in [0.29, 0.717) is 5.25 Å². The van der Waals surface area contributed by atoms with Crippen molar-refractivity contribution in [3.8, 4) is 0 Å². The van der Waals surface area contributed by atoms with Crippen LogP contribution in [0.15, 0.2) is 0 Å². The number of hydrogen-bond acceptors (Lipinski definition) is 2. The molecule has 5 unspecified atom stereocenters. The van der Waals surface area contributed by atoms with Gasteiger partial charge >= 0.3 is 0 Å². The van der Waals surface area contributed by atoms with Gasteiger partial charge in [-0.3, -0.25) is 0 Å². The van der Waals surface area contributed by atoms with E-state index in [1.165, 1.54) is 25.8 Å². The lowest BCUT2D eigenvalue weighted by Crippen LogP contribution is -2.23. The average molecular weight is 229 g/mol. The Morgan fingerprint density at radius 1 is 1.40 bits per heavy atom. The third-order valence-electron chi connectivity index (χ3n) is 4.17. The first kappa shape index (κ1) is 13.4. The molecule has 0 aromatic heterocycles. The van der Waals surface area contributed by atoms with Crippen molar-refractivity contribution in [1.82, 2.24) is 5.32 Å². The van der Waals surface area contributed by atoms with Gasteiger partial charge in [0, 0.05) is 11.3 Å². The van der Waals surface area contributed by atoms with E-state index in [1.54, 1.807) is 0 Å². The Kier molecular flexibility index (Phi) is 5.48. The Bertz CT molecular complexity index is 183. The molecule has 0 spiro atoms. The molecule has 1 aliphatic rings. The summed E-state index contributed by atoms with van der Waals surface area (Å²) >= 11 is 4.80. The second-order valence-corrected chi connectivity index (χ2v) is 6.12. The summed E-state index contributed by atoms with van der Waals surface area (Å²) in [5.41, 5.74) is 0. The first-order valence-corrected chi connectivity index (χ1v) is 6.97. The number of thiol groups is 1. The Hall–Kier alpha value is 0.310. The molecule has 1 fully saturated rings. The van der Waals surface area contributed by atoms with Crippen molar-refractivity contribution in [3.05, 3.63) is 0 Å². The Labute approximate surface area is 101 Å². The van der Waals surface area contributed by atoms with E-state index in [9.17, 15) is 0 Å². The summed E-state index contributed by atoms with van der Waals surface area (Å²) in [5.74, 6) is 2.41. The molecule has 1 rings (SSSR count). The van der Waals surface area contributed by atoms with E-state index >= 15 is 0 Å². The van der Waals surface area contributed by atoms with Crippen molar-refractivity contribution >= 4 is 12.6 Å². The largest absolute Gasteiger partial charge is 0.314 e. The fourth-order valence-electron chi connectivity index (χ4n) is 2.52. The summed E-state index contributed by atoms with van der Waals surface area (Å²) in [5, 5.41) is 4.10. The Morgan fingerprint density at radius 2 is 2.07 bits per heavy atom. The Balaban J connectivity index is 2.31. The fraction of sp³-hybridized carbons (Fsp3) is 1.00. The minimum Gasteiger partial charge on any atom is -0.314 e. The average Bonchev–Trinajstić information content (AvgIpc) is 2.61. The second kappa shape index (κ2) is 6.15. The topological polar surface area (TPSA) is 12.0 Å². The van der Waals surface area contributed by atoms with Crippen LogP contribution >= 0.6 is 12.6 Å². The molecular formula is C13H27NS. The molecule has 0 aliphatic carbocycles. The van der Waals surface area contributed by atoms with E-state index in [0.717, 1.165) is 23.8 Å². The number of nitrogens with one attached hydrogen (secondary N) is 1. The van der Waals surface area contributed by atoms with Crippen molar-refractivity contribution < 1.29 is 0 Å². The van der Waals surface area contributed by atoms with Crippen LogP contribution in [0.5, 0.6) is 0 Å². The quantitative estimate of drug-likeness (QED) is 0.689. The highest BCUT2D eigenvalue weighted by atomic mass is 32.1. The van der Waals surface area contributed by atoms with Crippen LogP contribution in [0.3, 0.4) is 0 Å². The first-order chi connectivity index (χ1) is 7.04. The van der Waals surface area contributed by atoms with Crippen molar-refractivity contribution in [1.29, 1.82) is 0 Å². The third kappa shape index (κ3) is 3.99. The monoisotopic (exact) mass is 229 g/mol. The zero-order valence-corrected chi connectivity index (χ0v) is 11.6. The molecule has 0 aromatic carbocycles. The van der Waals surface area contributed by atoms with Gasteiger partial charge in [-0.25, -0.2) is 0 Å². The van der Waals surface area contributed by atoms with E-state index in [2.05, 4.69) is 33.0 Å². The number of rotatable bonds is 5. The molecule has 1 aliphatic heterocycles. The zero-order chi connectivity index (χ0) is 11.4. The lowest BCUT2D eigenvalue weighted by atomic mass is 9.86. The van der Waals surface area contributed by atoms with E-state index in [-0.39, 0.29) is 0 Å². The molecule has 1 heterocycles. The van der Waals surface area contributed by atoms with E-state index in [1.807, 2.05) is 0 Å². The van der Waals surface area contributed by atoms with Gasteiger partial charge in [-0.05, 0) is 44.1 Å². The highest BCUT2D eigenvalue weighted by molar-refractivity contribution is 7.81. The van der Waals surface area contributed by atoms with Gasteiger partial charge in [0.1, 0.15) is 0 Å². The molecule has 0 aromatic rings. The van der Waals surface area contributed by atoms with Crippen LogP contribution in [0.25, 0.3) is 0 Å². The van der Waals surface area contributed by atoms with Crippen molar-refractivity contribution in [3.63, 3.8) is 0 Å². The summed E-state index contributed by atoms with van der Waals surface area (Å²) in [6.45, 7) is 10.5. The predicted molar refractivity (Wildman–Crippen MR) is 71.6 cm³/mol. The van der Waals surface area contributed by atoms with Crippen LogP contribution in [0, 0.1) is 17.8 Å². The molecule has 2 heteroatoms. The molecule has 0 saturated carbocycles. The number of hydrogen-bond donors (Lipinski definition) is 2. The SMILES string of the molecule is CCC(C)C(C)C(S)CC1CNC(C)C1. The van der Waals surface area contributed by atoms with Crippen molar-refractivity contribution in [2.24, 2.45) is 17.8 Å². The third-order valence-corrected chi connectivity index (χ3v) is 4.85. The summed E-state index contributed by atoms with van der Waals surface area (Å²) in [7, 11) is 0. The molecule has 1 nitrogen and oxygen atoms in total. The van der Waals surface area contributed by atoms with Crippen LogP contribution in [0.1, 0.15) is 47.0 Å². The molecule has 1 N–H and O–H groups in total. The minimum atomic E-state index is 0.581. The summed E-state index contributed by atoms with van der Waals surface area (Å²) in [4.78, 5) is 0. The maximum atomic E-state index is 4.80. The molecule has 0 amide bonds. The van der Waals surface area contributed by atoms with Crippen molar-refractivity contribution in [2.75, 3.05) is 6.54 Å². The van der Waals surface area contributed by atoms with Crippen LogP contribution < -0.4 is 5.32 Å². The summed E-state index contributed by atoms with van der Waals surface area (Å²) in [6, 6.07) is 0.717. The summed E-state index contributed by atoms with van der Waals surface area (Å²) < 4.78 is 0. The molecule has 1 saturated heterocycles. The maximum Gasteiger partial charge on any atom is 0.00481 e. The normalized spacial score (nSPS) is 32.6. The highest BCUT2D eigenvalue weighted by Gasteiger charge is 2.26. The molecule has 90 valence electrons. The van der Waals surface area contributed by atoms with Crippen LogP contribution in [0.4, 0.5) is 0 Å². The van der Waals surface area contributed by atoms with Gasteiger partial charge in [-0.15, -0.1) is 0 Å². The highest BCUT2D eigenvalue weighted by Crippen LogP contribution is 2.29. The standard InChI is InChI=1S/C13H27NS/c1-5-9(2)11(4)13(15)7-12-6-10(3)14-8-12/h9-15H,5-8H2,1-4H3.